The van der Waals surface area contributed by atoms with Crippen molar-refractivity contribution in [1.29, 1.82) is 0 Å². The van der Waals surface area contributed by atoms with Crippen LogP contribution in [0.2, 0.25) is 0 Å². The van der Waals surface area contributed by atoms with Gasteiger partial charge in [-0.25, -0.2) is 13.4 Å². The lowest BCUT2D eigenvalue weighted by Gasteiger charge is -2.11. The maximum atomic E-state index is 10.9. The predicted octanol–water partition coefficient (Wildman–Crippen LogP) is 1.10. The second kappa shape index (κ2) is 11.2. The van der Waals surface area contributed by atoms with E-state index in [2.05, 4.69) is 27.5 Å². The summed E-state index contributed by atoms with van der Waals surface area (Å²) in [6.45, 7) is 5.86. The third kappa shape index (κ3) is 10.1. The molecule has 0 aliphatic rings. The molecular weight excluding hydrogens is 451 g/mol. The van der Waals surface area contributed by atoms with E-state index in [9.17, 15) is 8.42 Å². The predicted molar refractivity (Wildman–Crippen MR) is 106 cm³/mol. The summed E-state index contributed by atoms with van der Waals surface area (Å²) in [6, 6.07) is 0. The first-order chi connectivity index (χ1) is 10.3. The molecule has 10 heteroatoms. The van der Waals surface area contributed by atoms with Gasteiger partial charge in [0.2, 0.25) is 0 Å². The molecule has 0 radical (unpaired) electrons. The number of ether oxygens (including phenoxy) is 1. The molecule has 0 bridgehead atoms. The molecule has 2 N–H and O–H groups in total. The van der Waals surface area contributed by atoms with Gasteiger partial charge < -0.3 is 15.4 Å². The zero-order valence-corrected chi connectivity index (χ0v) is 17.8. The first-order valence-electron chi connectivity index (χ1n) is 6.94. The van der Waals surface area contributed by atoms with Crippen LogP contribution in [-0.4, -0.2) is 58.2 Å². The van der Waals surface area contributed by atoms with Crippen molar-refractivity contribution in [2.45, 2.75) is 20.4 Å². The Labute approximate surface area is 159 Å². The van der Waals surface area contributed by atoms with Gasteiger partial charge in [0.25, 0.3) is 0 Å². The Kier molecular flexibility index (Phi) is 10.9. The van der Waals surface area contributed by atoms with Crippen LogP contribution in [-0.2, 0) is 21.1 Å². The first kappa shape index (κ1) is 22.5. The number of aryl methyl sites for hydroxylation is 2. The molecule has 0 unspecified atom stereocenters. The highest BCUT2D eigenvalue weighted by molar-refractivity contribution is 14.0. The molecule has 0 saturated heterocycles. The molecule has 1 aromatic rings. The highest BCUT2D eigenvalue weighted by Crippen LogP contribution is 2.15. The van der Waals surface area contributed by atoms with Crippen molar-refractivity contribution >= 4 is 51.1 Å². The number of halogens is 1. The lowest BCUT2D eigenvalue weighted by molar-refractivity contribution is 0.154. The van der Waals surface area contributed by atoms with E-state index in [1.54, 1.807) is 18.4 Å². The molecule has 0 aliphatic carbocycles. The van der Waals surface area contributed by atoms with E-state index in [0.717, 1.165) is 10.7 Å². The molecule has 0 aliphatic heterocycles. The van der Waals surface area contributed by atoms with E-state index in [-0.39, 0.29) is 36.3 Å². The number of hydrogen-bond donors (Lipinski definition) is 2. The van der Waals surface area contributed by atoms with Crippen LogP contribution in [0.15, 0.2) is 4.99 Å². The van der Waals surface area contributed by atoms with Gasteiger partial charge in [0.05, 0.1) is 31.2 Å². The SMILES string of the molecule is CN=C(NCCOCCS(C)(=O)=O)NCc1nc(C)c(C)s1.I. The van der Waals surface area contributed by atoms with Crippen molar-refractivity contribution in [1.82, 2.24) is 15.6 Å². The van der Waals surface area contributed by atoms with Gasteiger partial charge >= 0.3 is 0 Å². The average Bonchev–Trinajstić information content (AvgIpc) is 2.75. The van der Waals surface area contributed by atoms with Crippen molar-refractivity contribution in [3.05, 3.63) is 15.6 Å². The Morgan fingerprint density at radius 1 is 1.30 bits per heavy atom. The highest BCUT2D eigenvalue weighted by atomic mass is 127. The number of aliphatic imine (C=N–C) groups is 1. The normalized spacial score (nSPS) is 11.9. The minimum atomic E-state index is -2.96. The van der Waals surface area contributed by atoms with Crippen molar-refractivity contribution < 1.29 is 13.2 Å². The number of thiazole rings is 1. The van der Waals surface area contributed by atoms with Gasteiger partial charge in [-0.2, -0.15) is 0 Å². The van der Waals surface area contributed by atoms with E-state index in [4.69, 9.17) is 4.74 Å². The van der Waals surface area contributed by atoms with Crippen molar-refractivity contribution in [2.24, 2.45) is 4.99 Å². The van der Waals surface area contributed by atoms with Gasteiger partial charge in [0.1, 0.15) is 14.8 Å². The molecule has 7 nitrogen and oxygen atoms in total. The maximum Gasteiger partial charge on any atom is 0.191 e. The second-order valence-electron chi connectivity index (χ2n) is 4.84. The molecule has 1 heterocycles. The van der Waals surface area contributed by atoms with Crippen LogP contribution in [0.25, 0.3) is 0 Å². The summed E-state index contributed by atoms with van der Waals surface area (Å²) in [6.07, 6.45) is 1.20. The quantitative estimate of drug-likeness (QED) is 0.253. The lowest BCUT2D eigenvalue weighted by Crippen LogP contribution is -2.38. The van der Waals surface area contributed by atoms with Crippen LogP contribution in [0.4, 0.5) is 0 Å². The van der Waals surface area contributed by atoms with E-state index in [0.29, 0.717) is 25.7 Å². The Morgan fingerprint density at radius 3 is 2.52 bits per heavy atom. The van der Waals surface area contributed by atoms with E-state index < -0.39 is 9.84 Å². The van der Waals surface area contributed by atoms with Crippen LogP contribution < -0.4 is 10.6 Å². The Balaban J connectivity index is 0.00000484. The molecule has 0 spiro atoms. The summed E-state index contributed by atoms with van der Waals surface area (Å²) in [5.41, 5.74) is 1.06. The summed E-state index contributed by atoms with van der Waals surface area (Å²) in [4.78, 5) is 9.78. The maximum absolute atomic E-state index is 10.9. The molecule has 0 saturated carbocycles. The fourth-order valence-corrected chi connectivity index (χ4v) is 2.84. The van der Waals surface area contributed by atoms with Crippen molar-refractivity contribution in [2.75, 3.05) is 38.8 Å². The van der Waals surface area contributed by atoms with Gasteiger partial charge in [-0.1, -0.05) is 0 Å². The highest BCUT2D eigenvalue weighted by Gasteiger charge is 2.05. The molecular formula is C13H25IN4O3S2. The van der Waals surface area contributed by atoms with Crippen LogP contribution in [0.5, 0.6) is 0 Å². The number of hydrogen-bond acceptors (Lipinski definition) is 6. The average molecular weight is 476 g/mol. The zero-order chi connectivity index (χ0) is 16.6. The third-order valence-electron chi connectivity index (χ3n) is 2.84. The molecule has 1 rings (SSSR count). The number of nitrogens with one attached hydrogen (secondary N) is 2. The smallest absolute Gasteiger partial charge is 0.191 e. The van der Waals surface area contributed by atoms with Crippen LogP contribution in [0, 0.1) is 13.8 Å². The number of guanidine groups is 1. The Hall–Kier alpha value is -0.460. The minimum absolute atomic E-state index is 0. The topological polar surface area (TPSA) is 92.7 Å². The van der Waals surface area contributed by atoms with Gasteiger partial charge in [0.15, 0.2) is 5.96 Å². The Morgan fingerprint density at radius 2 is 2.00 bits per heavy atom. The zero-order valence-electron chi connectivity index (χ0n) is 13.9. The molecule has 1 aromatic heterocycles. The first-order valence-corrected chi connectivity index (χ1v) is 9.82. The van der Waals surface area contributed by atoms with E-state index in [1.165, 1.54) is 11.1 Å². The van der Waals surface area contributed by atoms with Crippen LogP contribution in [0.1, 0.15) is 15.6 Å². The molecule has 23 heavy (non-hydrogen) atoms. The second-order valence-corrected chi connectivity index (χ2v) is 8.39. The van der Waals surface area contributed by atoms with Crippen molar-refractivity contribution in [3.8, 4) is 0 Å². The minimum Gasteiger partial charge on any atom is -0.379 e. The monoisotopic (exact) mass is 476 g/mol. The summed E-state index contributed by atoms with van der Waals surface area (Å²) in [7, 11) is -1.27. The lowest BCUT2D eigenvalue weighted by atomic mass is 10.4. The molecule has 134 valence electrons. The summed E-state index contributed by atoms with van der Waals surface area (Å²) >= 11 is 1.67. The van der Waals surface area contributed by atoms with Gasteiger partial charge in [-0.15, -0.1) is 35.3 Å². The summed E-state index contributed by atoms with van der Waals surface area (Å²) in [5.74, 6) is 0.708. The van der Waals surface area contributed by atoms with Gasteiger partial charge in [0, 0.05) is 24.7 Å². The fraction of sp³-hybridized carbons (Fsp3) is 0.692. The number of sulfone groups is 1. The number of aromatic nitrogens is 1. The van der Waals surface area contributed by atoms with Gasteiger partial charge in [-0.3, -0.25) is 4.99 Å². The van der Waals surface area contributed by atoms with Crippen LogP contribution in [0.3, 0.4) is 0 Å². The van der Waals surface area contributed by atoms with E-state index in [1.807, 2.05) is 6.92 Å². The summed E-state index contributed by atoms with van der Waals surface area (Å²) in [5, 5.41) is 7.29. The number of nitrogens with zero attached hydrogens (tertiary/aromatic N) is 2. The van der Waals surface area contributed by atoms with Crippen molar-refractivity contribution in [3.63, 3.8) is 0 Å². The summed E-state index contributed by atoms with van der Waals surface area (Å²) < 4.78 is 27.1. The molecule has 0 fully saturated rings. The largest absolute Gasteiger partial charge is 0.379 e. The number of rotatable bonds is 8. The third-order valence-corrected chi connectivity index (χ3v) is 4.82. The Bertz CT molecular complexity index is 583. The molecule has 0 aromatic carbocycles. The molecule has 0 amide bonds. The van der Waals surface area contributed by atoms with E-state index >= 15 is 0 Å². The fourth-order valence-electron chi connectivity index (χ4n) is 1.55. The van der Waals surface area contributed by atoms with Gasteiger partial charge in [-0.05, 0) is 13.8 Å². The molecule has 0 atom stereocenters. The standard InChI is InChI=1S/C13H24N4O3S2.HI/c1-10-11(2)21-12(17-10)9-16-13(14-3)15-5-6-20-7-8-22(4,18)19;/h5-9H2,1-4H3,(H2,14,15,16);1H. The van der Waals surface area contributed by atoms with Crippen LogP contribution >= 0.6 is 35.3 Å².